The molecule has 110 valence electrons. The minimum absolute atomic E-state index is 0.0348. The van der Waals surface area contributed by atoms with Crippen LogP contribution in [0.1, 0.15) is 0 Å². The number of sulfone groups is 1. The smallest absolute Gasteiger partial charge is 0.208 e. The highest BCUT2D eigenvalue weighted by Crippen LogP contribution is 2.25. The maximum atomic E-state index is 12.6. The molecule has 0 fully saturated rings. The SMILES string of the molecule is O=S(=O)(c1ccc(N=N[O-])nc1)c1ccc2ccccc2c1. The Balaban J connectivity index is 2.07. The number of fused-ring (bicyclic) bond motifs is 1. The van der Waals surface area contributed by atoms with Crippen molar-refractivity contribution in [1.82, 2.24) is 4.98 Å². The Hall–Kier alpha value is -2.80. The molecule has 7 heteroatoms. The van der Waals surface area contributed by atoms with E-state index in [4.69, 9.17) is 0 Å². The van der Waals surface area contributed by atoms with E-state index in [1.54, 1.807) is 18.2 Å². The van der Waals surface area contributed by atoms with Crippen LogP contribution in [0.2, 0.25) is 0 Å². The van der Waals surface area contributed by atoms with Gasteiger partial charge in [-0.15, -0.1) is 5.11 Å². The number of pyridine rings is 1. The van der Waals surface area contributed by atoms with Gasteiger partial charge in [0.1, 0.15) is 0 Å². The molecule has 3 aromatic rings. The molecule has 3 rings (SSSR count). The zero-order chi connectivity index (χ0) is 15.6. The van der Waals surface area contributed by atoms with Gasteiger partial charge in [0.15, 0.2) is 5.82 Å². The molecule has 0 saturated carbocycles. The predicted molar refractivity (Wildman–Crippen MR) is 81.5 cm³/mol. The van der Waals surface area contributed by atoms with E-state index >= 15 is 0 Å². The lowest BCUT2D eigenvalue weighted by atomic mass is 10.1. The van der Waals surface area contributed by atoms with Crippen molar-refractivity contribution in [3.05, 3.63) is 66.0 Å². The molecule has 0 bridgehead atoms. The summed E-state index contributed by atoms with van der Waals surface area (Å²) in [5.41, 5.74) is 0. The fraction of sp³-hybridized carbons (Fsp3) is 0. The van der Waals surface area contributed by atoms with E-state index in [0.29, 0.717) is 0 Å². The van der Waals surface area contributed by atoms with Crippen molar-refractivity contribution in [2.75, 3.05) is 0 Å². The first kappa shape index (κ1) is 14.2. The summed E-state index contributed by atoms with van der Waals surface area (Å²) in [6.45, 7) is 0. The van der Waals surface area contributed by atoms with E-state index in [1.807, 2.05) is 24.3 Å². The Morgan fingerprint density at radius 3 is 2.32 bits per heavy atom. The topological polar surface area (TPSA) is 94.8 Å². The monoisotopic (exact) mass is 312 g/mol. The Bertz CT molecular complexity index is 951. The fourth-order valence-electron chi connectivity index (χ4n) is 2.10. The van der Waals surface area contributed by atoms with Crippen molar-refractivity contribution in [3.63, 3.8) is 0 Å². The molecular formula is C15H10N3O3S-. The maximum absolute atomic E-state index is 12.6. The van der Waals surface area contributed by atoms with Crippen LogP contribution in [-0.4, -0.2) is 13.4 Å². The van der Waals surface area contributed by atoms with Crippen LogP contribution in [0.5, 0.6) is 0 Å². The molecule has 0 aliphatic rings. The molecule has 0 saturated heterocycles. The average Bonchev–Trinajstić information content (AvgIpc) is 2.55. The average molecular weight is 312 g/mol. The van der Waals surface area contributed by atoms with E-state index in [0.717, 1.165) is 17.0 Å². The highest BCUT2D eigenvalue weighted by Gasteiger charge is 2.18. The molecule has 0 atom stereocenters. The molecule has 0 spiro atoms. The minimum atomic E-state index is -3.68. The largest absolute Gasteiger partial charge is 0.775 e. The van der Waals surface area contributed by atoms with Gasteiger partial charge in [0.2, 0.25) is 9.84 Å². The Kier molecular flexibility index (Phi) is 3.56. The van der Waals surface area contributed by atoms with E-state index in [2.05, 4.69) is 15.4 Å². The van der Waals surface area contributed by atoms with Crippen molar-refractivity contribution >= 4 is 26.4 Å². The van der Waals surface area contributed by atoms with Crippen LogP contribution in [0.3, 0.4) is 0 Å². The molecule has 1 aromatic heterocycles. The molecule has 6 nitrogen and oxygen atoms in total. The van der Waals surface area contributed by atoms with Gasteiger partial charge in [-0.25, -0.2) is 18.7 Å². The van der Waals surface area contributed by atoms with Crippen molar-refractivity contribution in [3.8, 4) is 0 Å². The third-order valence-electron chi connectivity index (χ3n) is 3.21. The van der Waals surface area contributed by atoms with Crippen LogP contribution in [-0.2, 0) is 9.84 Å². The summed E-state index contributed by atoms with van der Waals surface area (Å²) < 4.78 is 25.2. The number of rotatable bonds is 3. The van der Waals surface area contributed by atoms with Gasteiger partial charge in [0.25, 0.3) is 0 Å². The Morgan fingerprint density at radius 1 is 0.909 bits per heavy atom. The highest BCUT2D eigenvalue weighted by atomic mass is 32.2. The van der Waals surface area contributed by atoms with Crippen LogP contribution >= 0.6 is 0 Å². The van der Waals surface area contributed by atoms with Crippen LogP contribution in [0.25, 0.3) is 10.8 Å². The molecule has 1 heterocycles. The van der Waals surface area contributed by atoms with Crippen molar-refractivity contribution < 1.29 is 8.42 Å². The van der Waals surface area contributed by atoms with E-state index in [-0.39, 0.29) is 15.6 Å². The second-order valence-corrected chi connectivity index (χ2v) is 6.50. The van der Waals surface area contributed by atoms with Crippen molar-refractivity contribution in [1.29, 1.82) is 0 Å². The third kappa shape index (κ3) is 2.53. The number of hydrogen-bond acceptors (Lipinski definition) is 6. The fourth-order valence-corrected chi connectivity index (χ4v) is 3.34. The van der Waals surface area contributed by atoms with Crippen molar-refractivity contribution in [2.24, 2.45) is 10.4 Å². The molecule has 2 aromatic carbocycles. The molecule has 0 N–H and O–H groups in total. The normalized spacial score (nSPS) is 12.0. The molecule has 0 radical (unpaired) electrons. The maximum Gasteiger partial charge on any atom is 0.208 e. The standard InChI is InChI=1S/C15H11N3O3S/c19-18-17-15-8-7-14(10-16-15)22(20,21)13-6-5-11-3-1-2-4-12(11)9-13/h1-10H,(H,16,17,19)/p-1. The number of nitrogens with zero attached hydrogens (tertiary/aromatic N) is 3. The lowest BCUT2D eigenvalue weighted by molar-refractivity contribution is 0.596. The lowest BCUT2D eigenvalue weighted by Crippen LogP contribution is -2.02. The molecular weight excluding hydrogens is 302 g/mol. The van der Waals surface area contributed by atoms with Crippen LogP contribution in [0.15, 0.2) is 81.0 Å². The van der Waals surface area contributed by atoms with Gasteiger partial charge in [-0.2, -0.15) is 0 Å². The molecule has 0 amide bonds. The first-order valence-electron chi connectivity index (χ1n) is 6.34. The summed E-state index contributed by atoms with van der Waals surface area (Å²) in [6.07, 6.45) is 1.16. The van der Waals surface area contributed by atoms with Gasteiger partial charge >= 0.3 is 0 Å². The molecule has 22 heavy (non-hydrogen) atoms. The summed E-state index contributed by atoms with van der Waals surface area (Å²) in [5.74, 6) is 0.0625. The molecule has 0 aliphatic carbocycles. The number of benzene rings is 2. The second-order valence-electron chi connectivity index (χ2n) is 4.55. The first-order valence-corrected chi connectivity index (χ1v) is 7.83. The van der Waals surface area contributed by atoms with Crippen molar-refractivity contribution in [2.45, 2.75) is 9.79 Å². The van der Waals surface area contributed by atoms with Crippen LogP contribution in [0, 0.1) is 5.21 Å². The highest BCUT2D eigenvalue weighted by molar-refractivity contribution is 7.91. The summed E-state index contributed by atoms with van der Waals surface area (Å²) >= 11 is 0. The summed E-state index contributed by atoms with van der Waals surface area (Å²) in [7, 11) is -3.68. The van der Waals surface area contributed by atoms with Gasteiger partial charge in [-0.3, -0.25) is 0 Å². The van der Waals surface area contributed by atoms with E-state index in [9.17, 15) is 13.6 Å². The summed E-state index contributed by atoms with van der Waals surface area (Å²) in [4.78, 5) is 4.00. The second kappa shape index (κ2) is 5.53. The zero-order valence-electron chi connectivity index (χ0n) is 11.2. The van der Waals surface area contributed by atoms with E-state index in [1.165, 1.54) is 12.1 Å². The van der Waals surface area contributed by atoms with E-state index < -0.39 is 9.84 Å². The first-order chi connectivity index (χ1) is 10.6. The van der Waals surface area contributed by atoms with Crippen LogP contribution in [0.4, 0.5) is 5.82 Å². The number of hydrogen-bond donors (Lipinski definition) is 0. The van der Waals surface area contributed by atoms with Gasteiger partial charge in [-0.1, -0.05) is 30.3 Å². The lowest BCUT2D eigenvalue weighted by Gasteiger charge is -2.06. The van der Waals surface area contributed by atoms with Gasteiger partial charge in [-0.05, 0) is 35.0 Å². The summed E-state index contributed by atoms with van der Waals surface area (Å²) in [5, 5.41) is 17.4. The van der Waals surface area contributed by atoms with Crippen LogP contribution < -0.4 is 0 Å². The molecule has 0 unspecified atom stereocenters. The minimum Gasteiger partial charge on any atom is -0.775 e. The number of aromatic nitrogens is 1. The van der Waals surface area contributed by atoms with Gasteiger partial charge in [0, 0.05) is 6.20 Å². The quantitative estimate of drug-likeness (QED) is 0.545. The van der Waals surface area contributed by atoms with Gasteiger partial charge < -0.3 is 5.21 Å². The Labute approximate surface area is 126 Å². The van der Waals surface area contributed by atoms with Gasteiger partial charge in [0.05, 0.1) is 9.79 Å². The molecule has 0 aliphatic heterocycles. The summed E-state index contributed by atoms with van der Waals surface area (Å²) in [6, 6.07) is 15.1. The predicted octanol–water partition coefficient (Wildman–Crippen LogP) is 3.65. The Morgan fingerprint density at radius 2 is 1.64 bits per heavy atom. The third-order valence-corrected chi connectivity index (χ3v) is 4.94. The zero-order valence-corrected chi connectivity index (χ0v) is 12.1.